The standard InChI is InChI=1S/C54H77N3O12/c1-7-10-13-16-19-22-31-64-52(61)37(4)67-40-25-28-43(46(58)34-40)49-55-50(44-29-26-41(35-47(44)59)68-38(5)53(62)65-32-23-20-17-14-11-8-2)57-51(56-49)45-30-27-42(36-48(45)60)69-39(6)54(63)66-33-24-21-18-15-12-9-3/h25-30,34-39,49,58-60H,7-24,31-33H2,1-6H3,(H,55,56,57). The van der Waals surface area contributed by atoms with Gasteiger partial charge in [0.1, 0.15) is 46.2 Å². The summed E-state index contributed by atoms with van der Waals surface area (Å²) in [5.74, 6) is -1.39. The summed E-state index contributed by atoms with van der Waals surface area (Å²) in [4.78, 5) is 47.6. The molecule has 15 nitrogen and oxygen atoms in total. The number of ether oxygens (including phenoxy) is 6. The summed E-state index contributed by atoms with van der Waals surface area (Å²) in [6, 6.07) is 13.4. The fourth-order valence-corrected chi connectivity index (χ4v) is 7.52. The van der Waals surface area contributed by atoms with Crippen LogP contribution < -0.4 is 19.5 Å². The number of rotatable bonds is 33. The van der Waals surface area contributed by atoms with Crippen LogP contribution >= 0.6 is 0 Å². The van der Waals surface area contributed by atoms with Gasteiger partial charge in [0.15, 0.2) is 24.5 Å². The number of hydrogen-bond acceptors (Lipinski definition) is 15. The van der Waals surface area contributed by atoms with Gasteiger partial charge in [0.2, 0.25) is 0 Å². The fourth-order valence-electron chi connectivity index (χ4n) is 7.52. The second-order valence-electron chi connectivity index (χ2n) is 17.6. The minimum absolute atomic E-state index is 0.128. The molecule has 1 aliphatic rings. The second-order valence-corrected chi connectivity index (χ2v) is 17.6. The van der Waals surface area contributed by atoms with Crippen molar-refractivity contribution in [2.75, 3.05) is 19.8 Å². The van der Waals surface area contributed by atoms with E-state index in [9.17, 15) is 29.7 Å². The lowest BCUT2D eigenvalue weighted by atomic mass is 10.1. The maximum absolute atomic E-state index is 12.7. The number of hydrogen-bond donors (Lipinski definition) is 4. The van der Waals surface area contributed by atoms with Crippen LogP contribution in [0.5, 0.6) is 34.5 Å². The Kier molecular flexibility index (Phi) is 24.6. The monoisotopic (exact) mass is 960 g/mol. The van der Waals surface area contributed by atoms with Gasteiger partial charge in [0, 0.05) is 23.8 Å². The number of nitrogens with zero attached hydrogens (tertiary/aromatic N) is 2. The van der Waals surface area contributed by atoms with Gasteiger partial charge in [-0.15, -0.1) is 0 Å². The first-order valence-corrected chi connectivity index (χ1v) is 25.3. The summed E-state index contributed by atoms with van der Waals surface area (Å²) in [6.07, 6.45) is 15.2. The van der Waals surface area contributed by atoms with Gasteiger partial charge in [-0.1, -0.05) is 117 Å². The van der Waals surface area contributed by atoms with Crippen LogP contribution in [0, 0.1) is 0 Å². The van der Waals surface area contributed by atoms with Gasteiger partial charge in [-0.25, -0.2) is 24.4 Å². The Balaban J connectivity index is 1.51. The van der Waals surface area contributed by atoms with E-state index in [1.54, 1.807) is 57.2 Å². The lowest BCUT2D eigenvalue weighted by Gasteiger charge is -2.24. The van der Waals surface area contributed by atoms with Crippen LogP contribution in [-0.4, -0.2) is 83.0 Å². The number of aromatic hydroxyl groups is 3. The Morgan fingerprint density at radius 3 is 1.13 bits per heavy atom. The van der Waals surface area contributed by atoms with Crippen molar-refractivity contribution >= 4 is 29.6 Å². The molecule has 3 atom stereocenters. The van der Waals surface area contributed by atoms with Crippen molar-refractivity contribution in [3.8, 4) is 34.5 Å². The highest BCUT2D eigenvalue weighted by Crippen LogP contribution is 2.36. The van der Waals surface area contributed by atoms with Gasteiger partial charge in [-0.05, 0) is 76.4 Å². The zero-order valence-electron chi connectivity index (χ0n) is 41.8. The van der Waals surface area contributed by atoms with Crippen molar-refractivity contribution in [1.29, 1.82) is 0 Å². The van der Waals surface area contributed by atoms with E-state index in [2.05, 4.69) is 26.1 Å². The molecule has 3 aromatic rings. The quantitative estimate of drug-likeness (QED) is 0.0255. The first-order valence-electron chi connectivity index (χ1n) is 25.3. The number of phenols is 3. The van der Waals surface area contributed by atoms with Crippen LogP contribution in [-0.2, 0) is 28.6 Å². The molecule has 4 N–H and O–H groups in total. The molecule has 69 heavy (non-hydrogen) atoms. The first-order chi connectivity index (χ1) is 33.3. The summed E-state index contributed by atoms with van der Waals surface area (Å²) < 4.78 is 33.8. The molecule has 0 saturated carbocycles. The summed E-state index contributed by atoms with van der Waals surface area (Å²) >= 11 is 0. The molecular weight excluding hydrogens is 883 g/mol. The average molecular weight is 960 g/mol. The van der Waals surface area contributed by atoms with Crippen molar-refractivity contribution < 1.29 is 58.1 Å². The third-order valence-electron chi connectivity index (χ3n) is 11.6. The minimum atomic E-state index is -1.11. The maximum atomic E-state index is 12.7. The molecule has 0 fully saturated rings. The molecule has 1 heterocycles. The summed E-state index contributed by atoms with van der Waals surface area (Å²) in [6.45, 7) is 12.1. The van der Waals surface area contributed by atoms with Gasteiger partial charge < -0.3 is 49.1 Å². The molecule has 0 bridgehead atoms. The molecule has 0 saturated heterocycles. The van der Waals surface area contributed by atoms with Crippen LogP contribution in [0.2, 0.25) is 0 Å². The van der Waals surface area contributed by atoms with E-state index in [0.717, 1.165) is 96.3 Å². The van der Waals surface area contributed by atoms with E-state index in [4.69, 9.17) is 38.4 Å². The molecule has 0 aromatic heterocycles. The zero-order chi connectivity index (χ0) is 50.0. The third-order valence-corrected chi connectivity index (χ3v) is 11.6. The van der Waals surface area contributed by atoms with Gasteiger partial charge >= 0.3 is 17.9 Å². The van der Waals surface area contributed by atoms with Gasteiger partial charge in [0.25, 0.3) is 0 Å². The van der Waals surface area contributed by atoms with Gasteiger partial charge in [-0.3, -0.25) is 0 Å². The van der Waals surface area contributed by atoms with Crippen LogP contribution in [0.25, 0.3) is 0 Å². The summed E-state index contributed by atoms with van der Waals surface area (Å²) in [5.41, 5.74) is 0.690. The van der Waals surface area contributed by atoms with Crippen LogP contribution in [0.4, 0.5) is 0 Å². The van der Waals surface area contributed by atoms with Crippen LogP contribution in [0.3, 0.4) is 0 Å². The van der Waals surface area contributed by atoms with E-state index < -0.39 is 42.4 Å². The summed E-state index contributed by atoms with van der Waals surface area (Å²) in [5, 5.41) is 37.2. The number of benzene rings is 3. The smallest absolute Gasteiger partial charge is 0.347 e. The maximum Gasteiger partial charge on any atom is 0.347 e. The lowest BCUT2D eigenvalue weighted by Crippen LogP contribution is -2.36. The van der Waals surface area contributed by atoms with Crippen molar-refractivity contribution in [2.24, 2.45) is 9.98 Å². The first kappa shape index (κ1) is 55.6. The molecule has 3 unspecified atom stereocenters. The second kappa shape index (κ2) is 30.5. The Morgan fingerprint density at radius 2 is 0.797 bits per heavy atom. The number of carbonyl (C=O) groups excluding carboxylic acids is 3. The third kappa shape index (κ3) is 19.1. The molecule has 0 radical (unpaired) electrons. The Morgan fingerprint density at radius 1 is 0.478 bits per heavy atom. The molecule has 1 aliphatic heterocycles. The van der Waals surface area contributed by atoms with E-state index in [1.165, 1.54) is 37.5 Å². The number of carbonyl (C=O) groups is 3. The van der Waals surface area contributed by atoms with Crippen molar-refractivity contribution in [1.82, 2.24) is 5.32 Å². The van der Waals surface area contributed by atoms with Gasteiger partial charge in [-0.2, -0.15) is 0 Å². The molecular formula is C54H77N3O12. The highest BCUT2D eigenvalue weighted by Gasteiger charge is 2.27. The lowest BCUT2D eigenvalue weighted by molar-refractivity contribution is -0.152. The Bertz CT molecular complexity index is 2020. The minimum Gasteiger partial charge on any atom is -0.507 e. The fraction of sp³-hybridized carbons (Fsp3) is 0.574. The van der Waals surface area contributed by atoms with Crippen molar-refractivity contribution in [2.45, 2.75) is 182 Å². The van der Waals surface area contributed by atoms with E-state index >= 15 is 0 Å². The molecule has 3 aromatic carbocycles. The topological polar surface area (TPSA) is 204 Å². The molecule has 0 aliphatic carbocycles. The van der Waals surface area contributed by atoms with Crippen molar-refractivity contribution in [3.05, 3.63) is 71.3 Å². The molecule has 0 spiro atoms. The highest BCUT2D eigenvalue weighted by atomic mass is 16.6. The average Bonchev–Trinajstić information content (AvgIpc) is 3.32. The van der Waals surface area contributed by atoms with Gasteiger partial charge in [0.05, 0.1) is 30.9 Å². The van der Waals surface area contributed by atoms with E-state index in [0.29, 0.717) is 19.8 Å². The largest absolute Gasteiger partial charge is 0.507 e. The van der Waals surface area contributed by atoms with Crippen molar-refractivity contribution in [3.63, 3.8) is 0 Å². The number of unbranched alkanes of at least 4 members (excludes halogenated alkanes) is 15. The van der Waals surface area contributed by atoms with E-state index in [1.807, 2.05) is 0 Å². The predicted octanol–water partition coefficient (Wildman–Crippen LogP) is 11.3. The molecule has 380 valence electrons. The molecule has 0 amide bonds. The summed E-state index contributed by atoms with van der Waals surface area (Å²) in [7, 11) is 0. The number of nitrogens with one attached hydrogen (secondary N) is 1. The number of phenolic OH excluding ortho intramolecular Hbond substituents is 3. The Hall–Kier alpha value is -5.99. The number of aliphatic imine (C=N–C) groups is 2. The molecule has 15 heteroatoms. The molecule has 4 rings (SSSR count). The number of amidine groups is 2. The van der Waals surface area contributed by atoms with Crippen LogP contribution in [0.15, 0.2) is 64.6 Å². The SMILES string of the molecule is CCCCCCCCOC(=O)C(C)Oc1ccc(C2=NC(c3ccc(OC(C)C(=O)OCCCCCCCC)cc3O)N=C(c3ccc(OC(C)C(=O)OCCCCCCCC)cc3O)N2)c(O)c1. The Labute approximate surface area is 409 Å². The van der Waals surface area contributed by atoms with Crippen LogP contribution in [0.1, 0.15) is 180 Å². The zero-order valence-corrected chi connectivity index (χ0v) is 41.8. The van der Waals surface area contributed by atoms with E-state index in [-0.39, 0.29) is 62.9 Å². The highest BCUT2D eigenvalue weighted by molar-refractivity contribution is 6.17. The number of esters is 3. The predicted molar refractivity (Wildman–Crippen MR) is 267 cm³/mol. The normalized spacial score (nSPS) is 14.6.